The molecule has 26 heavy (non-hydrogen) atoms. The number of carbonyl (C=O) groups excluding carboxylic acids is 1. The Kier molecular flexibility index (Phi) is 5.63. The molecule has 136 valence electrons. The highest BCUT2D eigenvalue weighted by Gasteiger charge is 2.16. The summed E-state index contributed by atoms with van der Waals surface area (Å²) in [5.41, 5.74) is 2.64. The van der Waals surface area contributed by atoms with Gasteiger partial charge in [-0.25, -0.2) is 0 Å². The van der Waals surface area contributed by atoms with Crippen molar-refractivity contribution in [1.29, 1.82) is 0 Å². The molecule has 3 rings (SSSR count). The number of carbonyl (C=O) groups is 1. The first-order chi connectivity index (χ1) is 12.5. The van der Waals surface area contributed by atoms with Crippen LogP contribution in [0.2, 0.25) is 0 Å². The highest BCUT2D eigenvalue weighted by Crippen LogP contribution is 2.25. The van der Waals surface area contributed by atoms with Crippen LogP contribution in [0, 0.1) is 17.0 Å². The van der Waals surface area contributed by atoms with Gasteiger partial charge in [0.15, 0.2) is 0 Å². The van der Waals surface area contributed by atoms with E-state index in [1.54, 1.807) is 31.2 Å². The number of likely N-dealkylation sites (tertiary alicyclic amines) is 1. The molecule has 0 saturated carbocycles. The second kappa shape index (κ2) is 8.10. The van der Waals surface area contributed by atoms with E-state index in [1.807, 2.05) is 12.1 Å². The molecule has 1 aliphatic rings. The SMILES string of the molecule is Cc1c(NC(=O)c2ccc(CN3CCCCC3)cc2)cccc1[N+](=O)[O-]. The van der Waals surface area contributed by atoms with Crippen LogP contribution in [0.4, 0.5) is 11.4 Å². The maximum absolute atomic E-state index is 12.5. The van der Waals surface area contributed by atoms with Crippen LogP contribution in [0.3, 0.4) is 0 Å². The number of hydrogen-bond donors (Lipinski definition) is 1. The average molecular weight is 353 g/mol. The third kappa shape index (κ3) is 4.26. The summed E-state index contributed by atoms with van der Waals surface area (Å²) in [4.78, 5) is 25.5. The number of nitrogens with zero attached hydrogens (tertiary/aromatic N) is 2. The predicted molar refractivity (Wildman–Crippen MR) is 101 cm³/mol. The van der Waals surface area contributed by atoms with Gasteiger partial charge < -0.3 is 5.32 Å². The molecule has 1 heterocycles. The summed E-state index contributed by atoms with van der Waals surface area (Å²) in [5.74, 6) is -0.266. The van der Waals surface area contributed by atoms with Crippen molar-refractivity contribution in [2.75, 3.05) is 18.4 Å². The molecular weight excluding hydrogens is 330 g/mol. The van der Waals surface area contributed by atoms with Gasteiger partial charge in [0.05, 0.1) is 16.2 Å². The number of nitro benzene ring substituents is 1. The normalized spacial score (nSPS) is 14.8. The molecule has 1 amide bonds. The fourth-order valence-electron chi connectivity index (χ4n) is 3.29. The molecule has 6 nitrogen and oxygen atoms in total. The molecule has 2 aromatic rings. The summed E-state index contributed by atoms with van der Waals surface area (Å²) in [7, 11) is 0. The number of amides is 1. The summed E-state index contributed by atoms with van der Waals surface area (Å²) in [5, 5.41) is 13.8. The van der Waals surface area contributed by atoms with Gasteiger partial charge in [0, 0.05) is 18.2 Å². The van der Waals surface area contributed by atoms with Gasteiger partial charge >= 0.3 is 0 Å². The third-order valence-electron chi connectivity index (χ3n) is 4.82. The summed E-state index contributed by atoms with van der Waals surface area (Å²) in [6.45, 7) is 4.81. The number of nitro groups is 1. The zero-order chi connectivity index (χ0) is 18.5. The van der Waals surface area contributed by atoms with Gasteiger partial charge in [0.2, 0.25) is 0 Å². The van der Waals surface area contributed by atoms with Gasteiger partial charge in [0.1, 0.15) is 0 Å². The lowest BCUT2D eigenvalue weighted by Gasteiger charge is -2.26. The predicted octanol–water partition coefficient (Wildman–Crippen LogP) is 4.14. The molecule has 2 aromatic carbocycles. The van der Waals surface area contributed by atoms with Crippen LogP contribution in [0.15, 0.2) is 42.5 Å². The molecule has 1 saturated heterocycles. The van der Waals surface area contributed by atoms with E-state index >= 15 is 0 Å². The van der Waals surface area contributed by atoms with E-state index in [1.165, 1.54) is 30.9 Å². The molecular formula is C20H23N3O3. The van der Waals surface area contributed by atoms with Gasteiger partial charge in [-0.05, 0) is 56.6 Å². The van der Waals surface area contributed by atoms with Crippen LogP contribution in [-0.4, -0.2) is 28.8 Å². The quantitative estimate of drug-likeness (QED) is 0.647. The number of hydrogen-bond acceptors (Lipinski definition) is 4. The van der Waals surface area contributed by atoms with Gasteiger partial charge in [-0.15, -0.1) is 0 Å². The Hall–Kier alpha value is -2.73. The van der Waals surface area contributed by atoms with Crippen LogP contribution in [-0.2, 0) is 6.54 Å². The Balaban J connectivity index is 1.67. The average Bonchev–Trinajstić information content (AvgIpc) is 2.64. The Bertz CT molecular complexity index is 796. The van der Waals surface area contributed by atoms with Gasteiger partial charge in [0.25, 0.3) is 11.6 Å². The van der Waals surface area contributed by atoms with Gasteiger partial charge in [-0.3, -0.25) is 19.8 Å². The summed E-state index contributed by atoms with van der Waals surface area (Å²) in [6.07, 6.45) is 3.82. The van der Waals surface area contributed by atoms with Crippen LogP contribution in [0.25, 0.3) is 0 Å². The minimum Gasteiger partial charge on any atom is -0.321 e. The first-order valence-corrected chi connectivity index (χ1v) is 8.91. The first-order valence-electron chi connectivity index (χ1n) is 8.91. The van der Waals surface area contributed by atoms with Crippen LogP contribution in [0.5, 0.6) is 0 Å². The number of anilines is 1. The van der Waals surface area contributed by atoms with E-state index in [4.69, 9.17) is 0 Å². The largest absolute Gasteiger partial charge is 0.321 e. The van der Waals surface area contributed by atoms with E-state index in [2.05, 4.69) is 10.2 Å². The zero-order valence-electron chi connectivity index (χ0n) is 14.9. The van der Waals surface area contributed by atoms with Crippen molar-refractivity contribution in [3.8, 4) is 0 Å². The molecule has 1 aliphatic heterocycles. The van der Waals surface area contributed by atoms with Crippen molar-refractivity contribution in [1.82, 2.24) is 4.90 Å². The molecule has 1 N–H and O–H groups in total. The zero-order valence-corrected chi connectivity index (χ0v) is 14.9. The Morgan fingerprint density at radius 3 is 2.46 bits per heavy atom. The summed E-state index contributed by atoms with van der Waals surface area (Å²) < 4.78 is 0. The molecule has 0 aliphatic carbocycles. The van der Waals surface area contributed by atoms with E-state index in [0.29, 0.717) is 16.8 Å². The highest BCUT2D eigenvalue weighted by molar-refractivity contribution is 6.04. The minimum absolute atomic E-state index is 0.000297. The lowest BCUT2D eigenvalue weighted by Crippen LogP contribution is -2.29. The van der Waals surface area contributed by atoms with Crippen molar-refractivity contribution in [3.05, 3.63) is 69.3 Å². The topological polar surface area (TPSA) is 75.5 Å². The molecule has 6 heteroatoms. The second-order valence-electron chi connectivity index (χ2n) is 6.69. The lowest BCUT2D eigenvalue weighted by molar-refractivity contribution is -0.385. The molecule has 0 bridgehead atoms. The second-order valence-corrected chi connectivity index (χ2v) is 6.69. The number of benzene rings is 2. The van der Waals surface area contributed by atoms with E-state index < -0.39 is 4.92 Å². The maximum atomic E-state index is 12.5. The van der Waals surface area contributed by atoms with E-state index in [0.717, 1.165) is 19.6 Å². The summed E-state index contributed by atoms with van der Waals surface area (Å²) >= 11 is 0. The Labute approximate surface area is 153 Å². The van der Waals surface area contributed by atoms with Crippen LogP contribution < -0.4 is 5.32 Å². The Morgan fingerprint density at radius 1 is 1.12 bits per heavy atom. The number of nitrogens with one attached hydrogen (secondary N) is 1. The van der Waals surface area contributed by atoms with Crippen molar-refractivity contribution >= 4 is 17.3 Å². The van der Waals surface area contributed by atoms with Crippen molar-refractivity contribution in [2.24, 2.45) is 0 Å². The number of piperidine rings is 1. The maximum Gasteiger partial charge on any atom is 0.274 e. The third-order valence-corrected chi connectivity index (χ3v) is 4.82. The fraction of sp³-hybridized carbons (Fsp3) is 0.350. The molecule has 0 atom stereocenters. The highest BCUT2D eigenvalue weighted by atomic mass is 16.6. The number of rotatable bonds is 5. The first kappa shape index (κ1) is 18.1. The molecule has 0 spiro atoms. The Morgan fingerprint density at radius 2 is 1.81 bits per heavy atom. The van der Waals surface area contributed by atoms with Crippen molar-refractivity contribution < 1.29 is 9.72 Å². The van der Waals surface area contributed by atoms with Gasteiger partial charge in [-0.2, -0.15) is 0 Å². The summed E-state index contributed by atoms with van der Waals surface area (Å²) in [6, 6.07) is 12.2. The molecule has 0 radical (unpaired) electrons. The minimum atomic E-state index is -0.444. The van der Waals surface area contributed by atoms with Crippen LogP contribution >= 0.6 is 0 Å². The molecule has 0 aromatic heterocycles. The van der Waals surface area contributed by atoms with E-state index in [-0.39, 0.29) is 11.6 Å². The molecule has 0 unspecified atom stereocenters. The lowest BCUT2D eigenvalue weighted by atomic mass is 10.1. The van der Waals surface area contributed by atoms with Gasteiger partial charge in [-0.1, -0.05) is 24.6 Å². The smallest absolute Gasteiger partial charge is 0.274 e. The molecule has 1 fully saturated rings. The van der Waals surface area contributed by atoms with Crippen molar-refractivity contribution in [3.63, 3.8) is 0 Å². The van der Waals surface area contributed by atoms with E-state index in [9.17, 15) is 14.9 Å². The monoisotopic (exact) mass is 353 g/mol. The fourth-order valence-corrected chi connectivity index (χ4v) is 3.29. The van der Waals surface area contributed by atoms with Crippen molar-refractivity contribution in [2.45, 2.75) is 32.7 Å². The standard InChI is InChI=1S/C20H23N3O3/c1-15-18(6-5-7-19(15)23(25)26)21-20(24)17-10-8-16(9-11-17)14-22-12-3-2-4-13-22/h5-11H,2-4,12-14H2,1H3,(H,21,24). The van der Waals surface area contributed by atoms with Crippen LogP contribution in [0.1, 0.15) is 40.7 Å².